The first-order valence-electron chi connectivity index (χ1n) is 8.23. The van der Waals surface area contributed by atoms with Gasteiger partial charge in [-0.2, -0.15) is 5.10 Å². The monoisotopic (exact) mass is 377 g/mol. The number of aromatic nitrogens is 2. The van der Waals surface area contributed by atoms with Crippen LogP contribution in [0.3, 0.4) is 0 Å². The molecule has 2 aromatic heterocycles. The molecular formula is C20H15N3O3S. The van der Waals surface area contributed by atoms with Crippen molar-refractivity contribution in [2.24, 2.45) is 5.10 Å². The first-order chi connectivity index (χ1) is 13.1. The van der Waals surface area contributed by atoms with Gasteiger partial charge in [0, 0.05) is 4.90 Å². The van der Waals surface area contributed by atoms with Gasteiger partial charge in [-0.05, 0) is 43.3 Å². The predicted octanol–water partition coefficient (Wildman–Crippen LogP) is 3.62. The van der Waals surface area contributed by atoms with E-state index >= 15 is 0 Å². The van der Waals surface area contributed by atoms with Gasteiger partial charge in [0.25, 0.3) is 5.56 Å². The van der Waals surface area contributed by atoms with Gasteiger partial charge in [-0.15, -0.1) is 4.68 Å². The van der Waals surface area contributed by atoms with E-state index in [0.29, 0.717) is 21.8 Å². The Labute approximate surface area is 158 Å². The summed E-state index contributed by atoms with van der Waals surface area (Å²) in [4.78, 5) is 28.2. The van der Waals surface area contributed by atoms with Crippen LogP contribution < -0.4 is 11.2 Å². The second-order valence-electron chi connectivity index (χ2n) is 5.91. The summed E-state index contributed by atoms with van der Waals surface area (Å²) in [5, 5.41) is 5.08. The highest BCUT2D eigenvalue weighted by Gasteiger charge is 2.07. The molecule has 4 rings (SSSR count). The van der Waals surface area contributed by atoms with E-state index in [1.807, 2.05) is 37.3 Å². The number of furan rings is 1. The van der Waals surface area contributed by atoms with E-state index in [0.717, 1.165) is 9.57 Å². The van der Waals surface area contributed by atoms with Gasteiger partial charge in [-0.1, -0.05) is 41.6 Å². The van der Waals surface area contributed by atoms with E-state index in [9.17, 15) is 9.59 Å². The fourth-order valence-corrected chi connectivity index (χ4v) is 3.33. The van der Waals surface area contributed by atoms with E-state index in [2.05, 4.69) is 10.1 Å². The molecular weight excluding hydrogens is 362 g/mol. The predicted molar refractivity (Wildman–Crippen MR) is 106 cm³/mol. The van der Waals surface area contributed by atoms with Crippen LogP contribution in [0.5, 0.6) is 0 Å². The van der Waals surface area contributed by atoms with Crippen LogP contribution in [0.15, 0.2) is 89.8 Å². The van der Waals surface area contributed by atoms with Crippen molar-refractivity contribution in [1.82, 2.24) is 9.66 Å². The Kier molecular flexibility index (Phi) is 4.52. The third kappa shape index (κ3) is 3.63. The molecule has 4 aromatic rings. The number of benzene rings is 2. The number of hydrogen-bond donors (Lipinski definition) is 1. The van der Waals surface area contributed by atoms with Gasteiger partial charge in [0.05, 0.1) is 17.1 Å². The lowest BCUT2D eigenvalue weighted by atomic mass is 10.2. The Hall–Kier alpha value is -3.32. The van der Waals surface area contributed by atoms with Crippen LogP contribution in [-0.2, 0) is 0 Å². The Bertz CT molecular complexity index is 1250. The number of para-hydroxylation sites is 1. The van der Waals surface area contributed by atoms with Gasteiger partial charge >= 0.3 is 5.69 Å². The smallest absolute Gasteiger partial charge is 0.349 e. The highest BCUT2D eigenvalue weighted by atomic mass is 32.2. The summed E-state index contributed by atoms with van der Waals surface area (Å²) >= 11 is 1.48. The topological polar surface area (TPSA) is 80.4 Å². The average molecular weight is 377 g/mol. The summed E-state index contributed by atoms with van der Waals surface area (Å²) in [5.74, 6) is 0.448. The van der Waals surface area contributed by atoms with E-state index in [-0.39, 0.29) is 0 Å². The molecule has 0 bridgehead atoms. The summed E-state index contributed by atoms with van der Waals surface area (Å²) in [7, 11) is 0. The number of fused-ring (bicyclic) bond motifs is 1. The molecule has 27 heavy (non-hydrogen) atoms. The number of hydrogen-bond acceptors (Lipinski definition) is 5. The molecule has 0 saturated heterocycles. The number of aromatic amines is 1. The van der Waals surface area contributed by atoms with Crippen molar-refractivity contribution in [3.63, 3.8) is 0 Å². The van der Waals surface area contributed by atoms with Crippen molar-refractivity contribution in [2.45, 2.75) is 16.9 Å². The van der Waals surface area contributed by atoms with Crippen LogP contribution in [0.1, 0.15) is 11.3 Å². The molecule has 2 heterocycles. The van der Waals surface area contributed by atoms with Crippen LogP contribution in [0, 0.1) is 6.92 Å². The zero-order valence-corrected chi connectivity index (χ0v) is 15.2. The van der Waals surface area contributed by atoms with Crippen molar-refractivity contribution >= 4 is 28.9 Å². The Morgan fingerprint density at radius 1 is 1.04 bits per heavy atom. The SMILES string of the molecule is Cc1ccc(Sc2ccc(C=Nn3c(=O)[nH]c4ccccc4c3=O)o2)cc1. The van der Waals surface area contributed by atoms with Crippen LogP contribution in [0.2, 0.25) is 0 Å². The van der Waals surface area contributed by atoms with Crippen LogP contribution >= 0.6 is 11.8 Å². The fourth-order valence-electron chi connectivity index (χ4n) is 2.55. The molecule has 0 atom stereocenters. The number of nitrogens with zero attached hydrogens (tertiary/aromatic N) is 2. The van der Waals surface area contributed by atoms with Crippen molar-refractivity contribution in [3.8, 4) is 0 Å². The molecule has 0 aliphatic heterocycles. The number of H-pyrrole nitrogens is 1. The van der Waals surface area contributed by atoms with Crippen LogP contribution in [-0.4, -0.2) is 15.9 Å². The summed E-state index contributed by atoms with van der Waals surface area (Å²) in [5.41, 5.74) is 0.591. The second-order valence-corrected chi connectivity index (χ2v) is 6.99. The number of rotatable bonds is 4. The van der Waals surface area contributed by atoms with Crippen LogP contribution in [0.25, 0.3) is 10.9 Å². The molecule has 2 aromatic carbocycles. The molecule has 0 spiro atoms. The standard InChI is InChI=1S/C20H15N3O3S/c1-13-6-9-15(10-7-13)27-18-11-8-14(26-18)12-21-23-19(24)16-4-2-3-5-17(16)22-20(23)25/h2-12H,1H3,(H,22,25). The second kappa shape index (κ2) is 7.13. The van der Waals surface area contributed by atoms with Gasteiger partial charge < -0.3 is 9.40 Å². The molecule has 134 valence electrons. The minimum atomic E-state index is -0.601. The van der Waals surface area contributed by atoms with Crippen LogP contribution in [0.4, 0.5) is 0 Å². The maximum atomic E-state index is 12.4. The van der Waals surface area contributed by atoms with Gasteiger partial charge in [0.1, 0.15) is 5.76 Å². The summed E-state index contributed by atoms with van der Waals surface area (Å²) in [6, 6.07) is 18.5. The van der Waals surface area contributed by atoms with Gasteiger partial charge in [0.15, 0.2) is 5.09 Å². The van der Waals surface area contributed by atoms with E-state index in [1.54, 1.807) is 30.3 Å². The molecule has 7 heteroatoms. The molecule has 0 aliphatic rings. The molecule has 0 amide bonds. The lowest BCUT2D eigenvalue weighted by Crippen LogP contribution is -2.32. The molecule has 0 aliphatic carbocycles. The highest BCUT2D eigenvalue weighted by molar-refractivity contribution is 7.99. The fraction of sp³-hybridized carbons (Fsp3) is 0.0500. The van der Waals surface area contributed by atoms with Gasteiger partial charge in [-0.25, -0.2) is 4.79 Å². The van der Waals surface area contributed by atoms with Crippen molar-refractivity contribution in [2.75, 3.05) is 0 Å². The normalized spacial score (nSPS) is 11.4. The average Bonchev–Trinajstić information content (AvgIpc) is 3.11. The quantitative estimate of drug-likeness (QED) is 0.551. The third-order valence-electron chi connectivity index (χ3n) is 3.93. The first-order valence-corrected chi connectivity index (χ1v) is 9.04. The zero-order valence-electron chi connectivity index (χ0n) is 14.4. The van der Waals surface area contributed by atoms with Crippen molar-refractivity contribution < 1.29 is 4.42 Å². The van der Waals surface area contributed by atoms with Gasteiger partial charge in [0.2, 0.25) is 0 Å². The Balaban J connectivity index is 1.60. The maximum Gasteiger partial charge on any atom is 0.349 e. The molecule has 0 saturated carbocycles. The highest BCUT2D eigenvalue weighted by Crippen LogP contribution is 2.28. The van der Waals surface area contributed by atoms with E-state index < -0.39 is 11.2 Å². The van der Waals surface area contributed by atoms with E-state index in [4.69, 9.17) is 4.42 Å². The lowest BCUT2D eigenvalue weighted by molar-refractivity contribution is 0.468. The molecule has 0 unspecified atom stereocenters. The molecule has 0 radical (unpaired) electrons. The van der Waals surface area contributed by atoms with Crippen molar-refractivity contribution in [1.29, 1.82) is 0 Å². The molecule has 0 fully saturated rings. The summed E-state index contributed by atoms with van der Waals surface area (Å²) in [6.45, 7) is 2.03. The maximum absolute atomic E-state index is 12.4. The largest absolute Gasteiger partial charge is 0.448 e. The molecule has 6 nitrogen and oxygen atoms in total. The Morgan fingerprint density at radius 3 is 2.63 bits per heavy atom. The number of nitrogens with one attached hydrogen (secondary N) is 1. The zero-order chi connectivity index (χ0) is 18.8. The Morgan fingerprint density at radius 2 is 1.81 bits per heavy atom. The summed E-state index contributed by atoms with van der Waals surface area (Å²) < 4.78 is 6.48. The van der Waals surface area contributed by atoms with Gasteiger partial charge in [-0.3, -0.25) is 4.79 Å². The molecule has 1 N–H and O–H groups in total. The third-order valence-corrected chi connectivity index (χ3v) is 4.85. The van der Waals surface area contributed by atoms with E-state index in [1.165, 1.54) is 23.5 Å². The minimum absolute atomic E-state index is 0.393. The first kappa shape index (κ1) is 17.1. The minimum Gasteiger partial charge on any atom is -0.448 e. The van der Waals surface area contributed by atoms with Crippen molar-refractivity contribution in [3.05, 3.63) is 92.8 Å². The lowest BCUT2D eigenvalue weighted by Gasteiger charge is -2.00. The number of aryl methyl sites for hydroxylation is 1. The summed E-state index contributed by atoms with van der Waals surface area (Å²) in [6.07, 6.45) is 1.35.